The fourth-order valence-corrected chi connectivity index (χ4v) is 3.38. The van der Waals surface area contributed by atoms with E-state index in [1.54, 1.807) is 17.0 Å². The van der Waals surface area contributed by atoms with Crippen molar-refractivity contribution in [3.8, 4) is 5.75 Å². The Labute approximate surface area is 154 Å². The van der Waals surface area contributed by atoms with Crippen molar-refractivity contribution in [3.63, 3.8) is 0 Å². The molecule has 2 N–H and O–H groups in total. The van der Waals surface area contributed by atoms with E-state index < -0.39 is 5.82 Å². The van der Waals surface area contributed by atoms with Gasteiger partial charge in [0.2, 0.25) is 5.91 Å². The summed E-state index contributed by atoms with van der Waals surface area (Å²) < 4.78 is 18.6. The summed E-state index contributed by atoms with van der Waals surface area (Å²) >= 11 is 0. The summed E-state index contributed by atoms with van der Waals surface area (Å²) in [4.78, 5) is 13.7. The van der Waals surface area contributed by atoms with E-state index in [0.717, 1.165) is 12.1 Å². The second-order valence-corrected chi connectivity index (χ2v) is 6.87. The average Bonchev–Trinajstić information content (AvgIpc) is 3.14. The molecule has 4 nitrogen and oxygen atoms in total. The predicted molar refractivity (Wildman–Crippen MR) is 98.6 cm³/mol. The number of hydrogen-bond donors (Lipinski definition) is 2. The number of hydrogen-bond acceptors (Lipinski definition) is 2. The molecule has 1 saturated heterocycles. The first-order chi connectivity index (χ1) is 12.6. The molecule has 138 valence electrons. The van der Waals surface area contributed by atoms with Gasteiger partial charge in [-0.3, -0.25) is 4.79 Å². The molecule has 0 aromatic heterocycles. The van der Waals surface area contributed by atoms with Gasteiger partial charge in [0.15, 0.2) is 11.6 Å². The van der Waals surface area contributed by atoms with Crippen LogP contribution in [0, 0.1) is 5.82 Å². The molecule has 0 aliphatic carbocycles. The Morgan fingerprint density at radius 2 is 1.73 bits per heavy atom. The Morgan fingerprint density at radius 1 is 1.08 bits per heavy atom. The third-order valence-electron chi connectivity index (χ3n) is 4.86. The third kappa shape index (κ3) is 5.05. The van der Waals surface area contributed by atoms with Gasteiger partial charge in [-0.2, -0.15) is 0 Å². The molecule has 0 radical (unpaired) electrons. The van der Waals surface area contributed by atoms with Crippen molar-refractivity contribution in [2.75, 3.05) is 20.2 Å². The quantitative estimate of drug-likeness (QED) is 0.795. The van der Waals surface area contributed by atoms with Crippen molar-refractivity contribution in [2.45, 2.75) is 32.4 Å². The van der Waals surface area contributed by atoms with E-state index in [1.807, 2.05) is 0 Å². The maximum Gasteiger partial charge on any atom is 0.224 e. The van der Waals surface area contributed by atoms with Gasteiger partial charge in [0.05, 0.1) is 26.6 Å². The first-order valence-electron chi connectivity index (χ1n) is 9.14. The van der Waals surface area contributed by atoms with E-state index in [4.69, 9.17) is 4.74 Å². The third-order valence-corrected chi connectivity index (χ3v) is 4.86. The molecule has 0 atom stereocenters. The first kappa shape index (κ1) is 18.4. The summed E-state index contributed by atoms with van der Waals surface area (Å²) in [6.45, 7) is 4.09. The van der Waals surface area contributed by atoms with Crippen molar-refractivity contribution in [1.29, 1.82) is 0 Å². The largest absolute Gasteiger partial charge is 0.494 e. The van der Waals surface area contributed by atoms with Gasteiger partial charge in [-0.05, 0) is 23.3 Å². The predicted octanol–water partition coefficient (Wildman–Crippen LogP) is 1.87. The van der Waals surface area contributed by atoms with E-state index in [2.05, 4.69) is 29.6 Å². The number of amides is 1. The highest BCUT2D eigenvalue weighted by Gasteiger charge is 2.15. The van der Waals surface area contributed by atoms with Gasteiger partial charge in [-0.15, -0.1) is 0 Å². The number of carbonyl (C=O) groups is 1. The molecule has 2 aromatic carbocycles. The Bertz CT molecular complexity index is 740. The van der Waals surface area contributed by atoms with Gasteiger partial charge in [0, 0.05) is 24.9 Å². The van der Waals surface area contributed by atoms with Crippen LogP contribution in [0.3, 0.4) is 0 Å². The normalized spacial score (nSPS) is 14.4. The zero-order valence-electron chi connectivity index (χ0n) is 15.2. The number of ether oxygens (including phenoxy) is 1. The molecule has 0 unspecified atom stereocenters. The number of nitrogens with one attached hydrogen (secondary N) is 2. The Hall–Kier alpha value is -2.40. The number of likely N-dealkylation sites (tertiary alicyclic amines) is 1. The number of quaternary nitrogens is 1. The van der Waals surface area contributed by atoms with Crippen LogP contribution in [-0.4, -0.2) is 26.1 Å². The van der Waals surface area contributed by atoms with E-state index in [1.165, 1.54) is 44.7 Å². The highest BCUT2D eigenvalue weighted by molar-refractivity contribution is 5.78. The smallest absolute Gasteiger partial charge is 0.224 e. The van der Waals surface area contributed by atoms with Crippen LogP contribution in [0.1, 0.15) is 29.5 Å². The van der Waals surface area contributed by atoms with Gasteiger partial charge in [0.1, 0.15) is 6.54 Å². The van der Waals surface area contributed by atoms with Gasteiger partial charge in [-0.25, -0.2) is 4.39 Å². The second-order valence-electron chi connectivity index (χ2n) is 6.87. The lowest BCUT2D eigenvalue weighted by molar-refractivity contribution is -0.901. The summed E-state index contributed by atoms with van der Waals surface area (Å²) in [6, 6.07) is 13.0. The lowest BCUT2D eigenvalue weighted by atomic mass is 10.1. The summed E-state index contributed by atoms with van der Waals surface area (Å²) in [6.07, 6.45) is 2.81. The van der Waals surface area contributed by atoms with Crippen molar-refractivity contribution in [1.82, 2.24) is 5.32 Å². The van der Waals surface area contributed by atoms with Crippen LogP contribution in [0.5, 0.6) is 5.75 Å². The van der Waals surface area contributed by atoms with Gasteiger partial charge in [0.25, 0.3) is 0 Å². The minimum atomic E-state index is -0.450. The molecular formula is C21H26FN2O2+. The minimum Gasteiger partial charge on any atom is -0.494 e. The highest BCUT2D eigenvalue weighted by Crippen LogP contribution is 2.17. The highest BCUT2D eigenvalue weighted by atomic mass is 19.1. The molecule has 1 heterocycles. The summed E-state index contributed by atoms with van der Waals surface area (Å²) in [5.41, 5.74) is 3.04. The van der Waals surface area contributed by atoms with E-state index in [-0.39, 0.29) is 18.1 Å². The minimum absolute atomic E-state index is 0.125. The Morgan fingerprint density at radius 3 is 2.38 bits per heavy atom. The second kappa shape index (κ2) is 8.81. The number of benzene rings is 2. The van der Waals surface area contributed by atoms with Crippen LogP contribution in [0.15, 0.2) is 42.5 Å². The fraction of sp³-hybridized carbons (Fsp3) is 0.381. The molecule has 1 fully saturated rings. The van der Waals surface area contributed by atoms with Crippen LogP contribution >= 0.6 is 0 Å². The maximum atomic E-state index is 13.7. The topological polar surface area (TPSA) is 42.8 Å². The zero-order chi connectivity index (χ0) is 18.4. The van der Waals surface area contributed by atoms with Crippen molar-refractivity contribution in [3.05, 3.63) is 65.0 Å². The SMILES string of the molecule is COc1ccc(CC(=O)NCc2ccc(C[NH+]3CCCC3)cc2)cc1F. The number of rotatable bonds is 7. The molecule has 1 aliphatic rings. The average molecular weight is 357 g/mol. The molecule has 1 amide bonds. The zero-order valence-corrected chi connectivity index (χ0v) is 15.2. The van der Waals surface area contributed by atoms with Crippen LogP contribution < -0.4 is 15.0 Å². The first-order valence-corrected chi connectivity index (χ1v) is 9.14. The summed E-state index contributed by atoms with van der Waals surface area (Å²) in [5, 5.41) is 2.89. The van der Waals surface area contributed by atoms with Gasteiger partial charge >= 0.3 is 0 Å². The lowest BCUT2D eigenvalue weighted by Crippen LogP contribution is -3.08. The van der Waals surface area contributed by atoms with E-state index >= 15 is 0 Å². The van der Waals surface area contributed by atoms with Crippen molar-refractivity contribution >= 4 is 5.91 Å². The van der Waals surface area contributed by atoms with Crippen molar-refractivity contribution in [2.24, 2.45) is 0 Å². The molecule has 0 spiro atoms. The lowest BCUT2D eigenvalue weighted by Gasteiger charge is -2.12. The van der Waals surface area contributed by atoms with Crippen LogP contribution in [-0.2, 0) is 24.3 Å². The number of carbonyl (C=O) groups excluding carboxylic acids is 1. The number of methoxy groups -OCH3 is 1. The fourth-order valence-electron chi connectivity index (χ4n) is 3.38. The molecule has 26 heavy (non-hydrogen) atoms. The monoisotopic (exact) mass is 357 g/mol. The standard InChI is InChI=1S/C21H25FN2O2/c1-26-20-9-8-18(12-19(20)22)13-21(25)23-14-16-4-6-17(7-5-16)15-24-10-2-3-11-24/h4-9,12H,2-3,10-11,13-15H2,1H3,(H,23,25)/p+1. The van der Waals surface area contributed by atoms with E-state index in [9.17, 15) is 9.18 Å². The van der Waals surface area contributed by atoms with Gasteiger partial charge in [-0.1, -0.05) is 30.3 Å². The molecule has 5 heteroatoms. The van der Waals surface area contributed by atoms with Crippen LogP contribution in [0.2, 0.25) is 0 Å². The molecule has 1 aliphatic heterocycles. The Kier molecular flexibility index (Phi) is 6.23. The molecule has 0 bridgehead atoms. The summed E-state index contributed by atoms with van der Waals surface area (Å²) in [5.74, 6) is -0.390. The van der Waals surface area contributed by atoms with Crippen molar-refractivity contribution < 1.29 is 18.8 Å². The van der Waals surface area contributed by atoms with Gasteiger partial charge < -0.3 is 15.0 Å². The Balaban J connectivity index is 1.47. The van der Waals surface area contributed by atoms with Crippen LogP contribution in [0.4, 0.5) is 4.39 Å². The molecule has 3 rings (SSSR count). The van der Waals surface area contributed by atoms with Crippen LogP contribution in [0.25, 0.3) is 0 Å². The molecule has 0 saturated carbocycles. The van der Waals surface area contributed by atoms with E-state index in [0.29, 0.717) is 12.1 Å². The molecular weight excluding hydrogens is 331 g/mol. The maximum absolute atomic E-state index is 13.7. The molecule has 2 aromatic rings. The number of halogens is 1. The summed E-state index contributed by atoms with van der Waals surface area (Å²) in [7, 11) is 1.42.